The van der Waals surface area contributed by atoms with Crippen molar-refractivity contribution in [3.63, 3.8) is 0 Å². The molecule has 1 aromatic rings. The largest absolute Gasteiger partial charge is 0.319 e. The summed E-state index contributed by atoms with van der Waals surface area (Å²) in [6, 6.07) is 0. The molecule has 0 aromatic carbocycles. The van der Waals surface area contributed by atoms with Crippen molar-refractivity contribution in [1.29, 1.82) is 0 Å². The van der Waals surface area contributed by atoms with Gasteiger partial charge in [-0.15, -0.1) is 0 Å². The lowest BCUT2D eigenvalue weighted by molar-refractivity contribution is 1.00. The topological polar surface area (TPSA) is 39.1 Å². The molecule has 0 bridgehead atoms. The maximum absolute atomic E-state index is 9.79. The van der Waals surface area contributed by atoms with Crippen molar-refractivity contribution in [2.45, 2.75) is 0 Å². The van der Waals surface area contributed by atoms with Crippen molar-refractivity contribution in [3.8, 4) is 0 Å². The van der Waals surface area contributed by atoms with Gasteiger partial charge in [-0.05, 0) is 0 Å². The van der Waals surface area contributed by atoms with Gasteiger partial charge in [-0.3, -0.25) is 14.2 Å². The predicted molar refractivity (Wildman–Crippen MR) is 20.3 cm³/mol. The van der Waals surface area contributed by atoms with Gasteiger partial charge >= 0.3 is 11.1 Å². The molecule has 0 aliphatic heterocycles. The highest BCUT2D eigenvalue weighted by Gasteiger charge is 2.07. The molecule has 1 aromatic heterocycles. The van der Waals surface area contributed by atoms with Crippen LogP contribution in [0.25, 0.3) is 0 Å². The maximum Gasteiger partial charge on any atom is 0.319 e. The number of nitrogens with zero attached hydrogens (tertiary/aromatic N) is 1. The molecule has 3 heteroatoms. The molecule has 1 rings (SSSR count). The van der Waals surface area contributed by atoms with E-state index in [1.165, 1.54) is 7.05 Å². The molecule has 0 radical (unpaired) electrons. The average molecular weight is 85.1 g/mol. The molecule has 0 saturated heterocycles. The SMILES string of the molecule is Cn1c(=O)c1=O. The molecule has 0 amide bonds. The van der Waals surface area contributed by atoms with Crippen LogP contribution in [-0.2, 0) is 7.05 Å². The van der Waals surface area contributed by atoms with Crippen LogP contribution in [0.15, 0.2) is 9.59 Å². The van der Waals surface area contributed by atoms with Crippen LogP contribution in [0.1, 0.15) is 0 Å². The second-order valence-electron chi connectivity index (χ2n) is 1.17. The summed E-state index contributed by atoms with van der Waals surface area (Å²) < 4.78 is 1.06. The summed E-state index contributed by atoms with van der Waals surface area (Å²) in [4.78, 5) is 19.6. The molecular formula is C3H3NO2. The van der Waals surface area contributed by atoms with E-state index in [0.717, 1.165) is 4.57 Å². The summed E-state index contributed by atoms with van der Waals surface area (Å²) in [6.07, 6.45) is 0. The van der Waals surface area contributed by atoms with Gasteiger partial charge in [0.2, 0.25) is 0 Å². The van der Waals surface area contributed by atoms with E-state index in [4.69, 9.17) is 0 Å². The van der Waals surface area contributed by atoms with Gasteiger partial charge in [0.1, 0.15) is 0 Å². The monoisotopic (exact) mass is 85.0 g/mol. The van der Waals surface area contributed by atoms with Crippen molar-refractivity contribution in [1.82, 2.24) is 4.57 Å². The highest BCUT2D eigenvalue weighted by atomic mass is 16.2. The number of aromatic nitrogens is 1. The van der Waals surface area contributed by atoms with Crippen molar-refractivity contribution in [2.75, 3.05) is 0 Å². The van der Waals surface area contributed by atoms with E-state index >= 15 is 0 Å². The standard InChI is InChI=1S/C3H3NO2/c1-4-2(5)3(4)6/h1H3. The van der Waals surface area contributed by atoms with Gasteiger partial charge in [0.25, 0.3) is 0 Å². The third kappa shape index (κ3) is 0.172. The van der Waals surface area contributed by atoms with E-state index < -0.39 is 0 Å². The fourth-order valence-corrected chi connectivity index (χ4v) is 0.206. The Balaban J connectivity index is 3.48. The zero-order valence-corrected chi connectivity index (χ0v) is 3.26. The second kappa shape index (κ2) is 0.616. The van der Waals surface area contributed by atoms with Gasteiger partial charge in [-0.2, -0.15) is 0 Å². The molecule has 0 aliphatic carbocycles. The predicted octanol–water partition coefficient (Wildman–Crippen LogP) is -1.38. The molecule has 0 spiro atoms. The average Bonchev–Trinajstić information content (AvgIpc) is 1.94. The van der Waals surface area contributed by atoms with Crippen LogP contribution in [0.3, 0.4) is 0 Å². The summed E-state index contributed by atoms with van der Waals surface area (Å²) in [5.74, 6) is 0. The zero-order valence-electron chi connectivity index (χ0n) is 3.26. The van der Waals surface area contributed by atoms with Crippen LogP contribution in [0.5, 0.6) is 0 Å². The molecule has 3 nitrogen and oxygen atoms in total. The van der Waals surface area contributed by atoms with E-state index in [1.54, 1.807) is 0 Å². The Labute approximate surface area is 33.5 Å². The van der Waals surface area contributed by atoms with Crippen molar-refractivity contribution < 1.29 is 0 Å². The highest BCUT2D eigenvalue weighted by molar-refractivity contribution is 4.84. The van der Waals surface area contributed by atoms with E-state index in [9.17, 15) is 9.59 Å². The first-order chi connectivity index (χ1) is 2.73. The first kappa shape index (κ1) is 3.33. The zero-order chi connectivity index (χ0) is 4.73. The Morgan fingerprint density at radius 1 is 1.33 bits per heavy atom. The Morgan fingerprint density at radius 3 is 1.50 bits per heavy atom. The van der Waals surface area contributed by atoms with E-state index in [1.807, 2.05) is 0 Å². The lowest BCUT2D eigenvalue weighted by atomic mass is 11.1. The Kier molecular flexibility index (Phi) is 0.342. The van der Waals surface area contributed by atoms with Gasteiger partial charge in [0.05, 0.1) is 0 Å². The second-order valence-corrected chi connectivity index (χ2v) is 1.17. The van der Waals surface area contributed by atoms with Crippen LogP contribution in [0, 0.1) is 0 Å². The first-order valence-electron chi connectivity index (χ1n) is 1.55. The molecule has 0 fully saturated rings. The number of rotatable bonds is 0. The highest BCUT2D eigenvalue weighted by Crippen LogP contribution is 1.49. The molecule has 6 heavy (non-hydrogen) atoms. The number of hydrogen-bond donors (Lipinski definition) is 0. The van der Waals surface area contributed by atoms with Crippen molar-refractivity contribution in [2.24, 2.45) is 7.05 Å². The molecule has 0 saturated carbocycles. The van der Waals surface area contributed by atoms with Gasteiger partial charge in [0, 0.05) is 7.05 Å². The molecule has 0 unspecified atom stereocenters. The molecule has 0 N–H and O–H groups in total. The Bertz CT molecular complexity index is 190. The van der Waals surface area contributed by atoms with Gasteiger partial charge in [0.15, 0.2) is 0 Å². The maximum atomic E-state index is 9.79. The molecule has 32 valence electrons. The third-order valence-corrected chi connectivity index (χ3v) is 0.742. The minimum absolute atomic E-state index is 0.380. The molecule has 0 aliphatic rings. The van der Waals surface area contributed by atoms with E-state index in [0.29, 0.717) is 0 Å². The van der Waals surface area contributed by atoms with Crippen molar-refractivity contribution in [3.05, 3.63) is 20.7 Å². The fourth-order valence-electron chi connectivity index (χ4n) is 0.206. The lowest BCUT2D eigenvalue weighted by Crippen LogP contribution is -1.88. The van der Waals surface area contributed by atoms with Gasteiger partial charge in [-0.25, -0.2) is 0 Å². The van der Waals surface area contributed by atoms with Crippen LogP contribution in [0.4, 0.5) is 0 Å². The minimum Gasteiger partial charge on any atom is -0.269 e. The normalized spacial score (nSPS) is 10.2. The van der Waals surface area contributed by atoms with Gasteiger partial charge in [-0.1, -0.05) is 0 Å². The summed E-state index contributed by atoms with van der Waals surface area (Å²) >= 11 is 0. The molecule has 1 heterocycles. The minimum atomic E-state index is -0.380. The van der Waals surface area contributed by atoms with Crippen molar-refractivity contribution >= 4 is 0 Å². The van der Waals surface area contributed by atoms with Crippen LogP contribution < -0.4 is 11.1 Å². The smallest absolute Gasteiger partial charge is 0.269 e. The summed E-state index contributed by atoms with van der Waals surface area (Å²) in [5.41, 5.74) is -0.759. The fraction of sp³-hybridized carbons (Fsp3) is 0.333. The molecular weight excluding hydrogens is 82.0 g/mol. The van der Waals surface area contributed by atoms with Gasteiger partial charge < -0.3 is 0 Å². The Morgan fingerprint density at radius 2 is 1.50 bits per heavy atom. The number of hydrogen-bond acceptors (Lipinski definition) is 2. The lowest BCUT2D eigenvalue weighted by Gasteiger charge is -1.51. The Hall–Kier alpha value is -0.860. The molecule has 0 atom stereocenters. The third-order valence-electron chi connectivity index (χ3n) is 0.742. The first-order valence-corrected chi connectivity index (χ1v) is 1.55. The summed E-state index contributed by atoms with van der Waals surface area (Å²) in [7, 11) is 1.45. The van der Waals surface area contributed by atoms with E-state index in [2.05, 4.69) is 0 Å². The summed E-state index contributed by atoms with van der Waals surface area (Å²) in [5, 5.41) is 0. The van der Waals surface area contributed by atoms with Crippen LogP contribution >= 0.6 is 0 Å². The summed E-state index contributed by atoms with van der Waals surface area (Å²) in [6.45, 7) is 0. The quantitative estimate of drug-likeness (QED) is 0.364. The van der Waals surface area contributed by atoms with Crippen LogP contribution in [-0.4, -0.2) is 4.57 Å². The van der Waals surface area contributed by atoms with E-state index in [-0.39, 0.29) is 11.1 Å². The van der Waals surface area contributed by atoms with Crippen LogP contribution in [0.2, 0.25) is 0 Å².